The van der Waals surface area contributed by atoms with Gasteiger partial charge in [0.1, 0.15) is 11.6 Å². The molecule has 1 fully saturated rings. The number of hydrogen-bond donors (Lipinski definition) is 2. The molecule has 7 heteroatoms. The number of thioether (sulfide) groups is 1. The van der Waals surface area contributed by atoms with Crippen molar-refractivity contribution in [1.82, 2.24) is 14.9 Å². The van der Waals surface area contributed by atoms with E-state index in [-0.39, 0.29) is 5.91 Å². The van der Waals surface area contributed by atoms with E-state index in [1.54, 1.807) is 17.8 Å². The second kappa shape index (κ2) is 6.72. The molecule has 3 N–H and O–H groups in total. The number of aromatic nitrogens is 2. The second-order valence-electron chi connectivity index (χ2n) is 4.54. The highest BCUT2D eigenvalue weighted by molar-refractivity contribution is 7.99. The number of hydrazine groups is 1. The predicted octanol–water partition coefficient (Wildman–Crippen LogP) is 0.926. The lowest BCUT2D eigenvalue weighted by Gasteiger charge is -2.14. The van der Waals surface area contributed by atoms with Gasteiger partial charge in [0.25, 0.3) is 0 Å². The molecule has 19 heavy (non-hydrogen) atoms. The summed E-state index contributed by atoms with van der Waals surface area (Å²) in [6.07, 6.45) is 2.26. The summed E-state index contributed by atoms with van der Waals surface area (Å²) in [6.45, 7) is 3.70. The fourth-order valence-electron chi connectivity index (χ4n) is 2.06. The molecule has 0 radical (unpaired) electrons. The highest BCUT2D eigenvalue weighted by Crippen LogP contribution is 2.14. The molecule has 0 saturated carbocycles. The number of anilines is 1. The van der Waals surface area contributed by atoms with Crippen LogP contribution in [0.4, 0.5) is 5.82 Å². The van der Waals surface area contributed by atoms with Crippen molar-refractivity contribution in [1.29, 1.82) is 0 Å². The van der Waals surface area contributed by atoms with Crippen LogP contribution >= 0.6 is 11.8 Å². The minimum Gasteiger partial charge on any atom is -0.342 e. The Morgan fingerprint density at radius 1 is 1.47 bits per heavy atom. The van der Waals surface area contributed by atoms with E-state index in [1.165, 1.54) is 0 Å². The lowest BCUT2D eigenvalue weighted by atomic mass is 10.4. The van der Waals surface area contributed by atoms with Gasteiger partial charge in [-0.15, -0.1) is 11.8 Å². The molecule has 0 bridgehead atoms. The first-order valence-corrected chi connectivity index (χ1v) is 7.51. The summed E-state index contributed by atoms with van der Waals surface area (Å²) < 4.78 is 0. The largest absolute Gasteiger partial charge is 0.342 e. The molecule has 2 heterocycles. The minimum absolute atomic E-state index is 0.215. The van der Waals surface area contributed by atoms with E-state index in [0.717, 1.165) is 31.6 Å². The molecule has 1 saturated heterocycles. The highest BCUT2D eigenvalue weighted by atomic mass is 32.2. The Kier molecular flexibility index (Phi) is 4.98. The molecule has 1 aliphatic heterocycles. The standard InChI is InChI=1S/C12H19N5OS/c1-9-6-10(16-13)15-11(14-9)7-19-8-12(18)17-4-2-3-5-17/h6H,2-5,7-8,13H2,1H3,(H,14,15,16). The molecular formula is C12H19N5OS. The van der Waals surface area contributed by atoms with Gasteiger partial charge in [-0.2, -0.15) is 0 Å². The third-order valence-corrected chi connectivity index (χ3v) is 3.88. The van der Waals surface area contributed by atoms with Gasteiger partial charge in [0.05, 0.1) is 11.5 Å². The van der Waals surface area contributed by atoms with E-state index >= 15 is 0 Å². The number of nitrogens with one attached hydrogen (secondary N) is 1. The van der Waals surface area contributed by atoms with Gasteiger partial charge in [0.2, 0.25) is 5.91 Å². The molecule has 6 nitrogen and oxygen atoms in total. The number of nitrogen functional groups attached to an aromatic ring is 1. The van der Waals surface area contributed by atoms with E-state index in [4.69, 9.17) is 5.84 Å². The molecule has 0 aliphatic carbocycles. The van der Waals surface area contributed by atoms with Gasteiger partial charge in [-0.25, -0.2) is 15.8 Å². The van der Waals surface area contributed by atoms with Gasteiger partial charge in [-0.1, -0.05) is 0 Å². The first-order chi connectivity index (χ1) is 9.19. The highest BCUT2D eigenvalue weighted by Gasteiger charge is 2.17. The Hall–Kier alpha value is -1.34. The van der Waals surface area contributed by atoms with E-state index < -0.39 is 0 Å². The van der Waals surface area contributed by atoms with E-state index in [0.29, 0.717) is 23.1 Å². The number of likely N-dealkylation sites (tertiary alicyclic amines) is 1. The van der Waals surface area contributed by atoms with Crippen molar-refractivity contribution in [2.24, 2.45) is 5.84 Å². The maximum atomic E-state index is 11.9. The predicted molar refractivity (Wildman–Crippen MR) is 76.6 cm³/mol. The SMILES string of the molecule is Cc1cc(NN)nc(CSCC(=O)N2CCCC2)n1. The van der Waals surface area contributed by atoms with Crippen molar-refractivity contribution in [3.8, 4) is 0 Å². The lowest BCUT2D eigenvalue weighted by molar-refractivity contribution is -0.127. The van der Waals surface area contributed by atoms with Crippen LogP contribution in [0.3, 0.4) is 0 Å². The van der Waals surface area contributed by atoms with Crippen LogP contribution in [0.1, 0.15) is 24.4 Å². The topological polar surface area (TPSA) is 84.1 Å². The monoisotopic (exact) mass is 281 g/mol. The minimum atomic E-state index is 0.215. The summed E-state index contributed by atoms with van der Waals surface area (Å²) in [5.74, 6) is 7.97. The van der Waals surface area contributed by atoms with Crippen LogP contribution < -0.4 is 11.3 Å². The molecule has 0 spiro atoms. The van der Waals surface area contributed by atoms with Crippen molar-refractivity contribution in [2.45, 2.75) is 25.5 Å². The van der Waals surface area contributed by atoms with Crippen molar-refractivity contribution < 1.29 is 4.79 Å². The number of carbonyl (C=O) groups excluding carboxylic acids is 1. The van der Waals surface area contributed by atoms with Gasteiger partial charge in [0, 0.05) is 24.8 Å². The molecule has 1 aliphatic rings. The van der Waals surface area contributed by atoms with E-state index in [2.05, 4.69) is 15.4 Å². The number of carbonyl (C=O) groups is 1. The first kappa shape index (κ1) is 14.1. The summed E-state index contributed by atoms with van der Waals surface area (Å²) in [7, 11) is 0. The van der Waals surface area contributed by atoms with Gasteiger partial charge in [0.15, 0.2) is 0 Å². The van der Waals surface area contributed by atoms with Crippen LogP contribution in [-0.4, -0.2) is 39.6 Å². The third kappa shape index (κ3) is 4.07. The molecule has 2 rings (SSSR count). The van der Waals surface area contributed by atoms with Crippen LogP contribution in [0.25, 0.3) is 0 Å². The Balaban J connectivity index is 1.81. The molecule has 1 aromatic rings. The fraction of sp³-hybridized carbons (Fsp3) is 0.583. The zero-order valence-corrected chi connectivity index (χ0v) is 11.9. The van der Waals surface area contributed by atoms with Crippen molar-refractivity contribution in [3.63, 3.8) is 0 Å². The maximum absolute atomic E-state index is 11.9. The zero-order chi connectivity index (χ0) is 13.7. The summed E-state index contributed by atoms with van der Waals surface area (Å²) in [6, 6.07) is 1.78. The van der Waals surface area contributed by atoms with Crippen LogP contribution in [0, 0.1) is 6.92 Å². The van der Waals surface area contributed by atoms with Crippen LogP contribution in [0.15, 0.2) is 6.07 Å². The van der Waals surface area contributed by atoms with E-state index in [9.17, 15) is 4.79 Å². The average Bonchev–Trinajstić information content (AvgIpc) is 2.92. The molecule has 104 valence electrons. The Bertz CT molecular complexity index is 448. The molecule has 0 aromatic carbocycles. The molecule has 0 atom stereocenters. The van der Waals surface area contributed by atoms with Gasteiger partial charge < -0.3 is 10.3 Å². The Morgan fingerprint density at radius 3 is 2.89 bits per heavy atom. The molecular weight excluding hydrogens is 262 g/mol. The number of rotatable bonds is 5. The van der Waals surface area contributed by atoms with Gasteiger partial charge in [-0.3, -0.25) is 4.79 Å². The molecule has 0 unspecified atom stereocenters. The van der Waals surface area contributed by atoms with Gasteiger partial charge in [-0.05, 0) is 19.8 Å². The van der Waals surface area contributed by atoms with Crippen molar-refractivity contribution >= 4 is 23.5 Å². The summed E-state index contributed by atoms with van der Waals surface area (Å²) in [5, 5.41) is 0. The maximum Gasteiger partial charge on any atom is 0.232 e. The van der Waals surface area contributed by atoms with Crippen LogP contribution in [0.5, 0.6) is 0 Å². The number of nitrogens with two attached hydrogens (primary N) is 1. The Labute approximate surface area is 117 Å². The molecule has 1 aromatic heterocycles. The second-order valence-corrected chi connectivity index (χ2v) is 5.52. The van der Waals surface area contributed by atoms with Gasteiger partial charge >= 0.3 is 0 Å². The number of amides is 1. The summed E-state index contributed by atoms with van der Waals surface area (Å²) >= 11 is 1.54. The lowest BCUT2D eigenvalue weighted by Crippen LogP contribution is -2.29. The number of aryl methyl sites for hydroxylation is 1. The van der Waals surface area contributed by atoms with Crippen LogP contribution in [-0.2, 0) is 10.5 Å². The van der Waals surface area contributed by atoms with Crippen molar-refractivity contribution in [2.75, 3.05) is 24.3 Å². The smallest absolute Gasteiger partial charge is 0.232 e. The average molecular weight is 281 g/mol. The molecule has 1 amide bonds. The fourth-order valence-corrected chi connectivity index (χ4v) is 2.83. The quantitative estimate of drug-likeness (QED) is 0.617. The number of hydrogen-bond acceptors (Lipinski definition) is 6. The third-order valence-electron chi connectivity index (χ3n) is 2.96. The van der Waals surface area contributed by atoms with Crippen LogP contribution in [0.2, 0.25) is 0 Å². The normalized spacial score (nSPS) is 14.7. The first-order valence-electron chi connectivity index (χ1n) is 6.36. The van der Waals surface area contributed by atoms with E-state index in [1.807, 2.05) is 11.8 Å². The van der Waals surface area contributed by atoms with Crippen molar-refractivity contribution in [3.05, 3.63) is 17.6 Å². The summed E-state index contributed by atoms with van der Waals surface area (Å²) in [5.41, 5.74) is 3.38. The number of nitrogens with zero attached hydrogens (tertiary/aromatic N) is 3. The zero-order valence-electron chi connectivity index (χ0n) is 11.1. The summed E-state index contributed by atoms with van der Waals surface area (Å²) in [4.78, 5) is 22.4. The Morgan fingerprint density at radius 2 is 2.21 bits per heavy atom.